The van der Waals surface area contributed by atoms with E-state index in [4.69, 9.17) is 4.74 Å². The van der Waals surface area contributed by atoms with Crippen LogP contribution in [0.5, 0.6) is 5.75 Å². The molecule has 1 atom stereocenters. The van der Waals surface area contributed by atoms with Crippen molar-refractivity contribution in [2.75, 3.05) is 0 Å². The Kier molecular flexibility index (Phi) is 4.40. The molecule has 0 N–H and O–H groups in total. The van der Waals surface area contributed by atoms with E-state index in [2.05, 4.69) is 50.2 Å². The van der Waals surface area contributed by atoms with Gasteiger partial charge >= 0.3 is 0 Å². The highest BCUT2D eigenvalue weighted by Gasteiger charge is 2.11. The summed E-state index contributed by atoms with van der Waals surface area (Å²) in [4.78, 5) is 0. The molecule has 0 spiro atoms. The summed E-state index contributed by atoms with van der Waals surface area (Å²) in [6.45, 7) is 4.28. The van der Waals surface area contributed by atoms with E-state index in [9.17, 15) is 0 Å². The van der Waals surface area contributed by atoms with Gasteiger partial charge in [-0.15, -0.1) is 0 Å². The third-order valence-electron chi connectivity index (χ3n) is 3.02. The van der Waals surface area contributed by atoms with E-state index in [0.29, 0.717) is 0 Å². The molecule has 2 aromatic carbocycles. The van der Waals surface area contributed by atoms with E-state index < -0.39 is 0 Å². The maximum atomic E-state index is 6.10. The first-order valence-corrected chi connectivity index (χ1v) is 6.58. The number of benzene rings is 2. The van der Waals surface area contributed by atoms with Crippen molar-refractivity contribution in [1.82, 2.24) is 0 Å². The summed E-state index contributed by atoms with van der Waals surface area (Å²) >= 11 is 0. The Bertz CT molecular complexity index is 459. The molecule has 18 heavy (non-hydrogen) atoms. The van der Waals surface area contributed by atoms with Gasteiger partial charge in [0.2, 0.25) is 0 Å². The molecular weight excluding hydrogens is 220 g/mol. The van der Waals surface area contributed by atoms with Crippen LogP contribution in [0.3, 0.4) is 0 Å². The van der Waals surface area contributed by atoms with Crippen molar-refractivity contribution in [2.24, 2.45) is 0 Å². The second kappa shape index (κ2) is 6.25. The van der Waals surface area contributed by atoms with Crippen molar-refractivity contribution in [3.8, 4) is 5.75 Å². The molecule has 0 aliphatic heterocycles. The van der Waals surface area contributed by atoms with Crippen molar-refractivity contribution in [1.29, 1.82) is 0 Å². The Labute approximate surface area is 109 Å². The molecule has 0 heterocycles. The molecule has 2 aromatic rings. The number of ether oxygens (including phenoxy) is 1. The molecule has 0 aliphatic rings. The molecule has 1 unspecified atom stereocenters. The van der Waals surface area contributed by atoms with Crippen LogP contribution in [-0.2, 0) is 0 Å². The third-order valence-corrected chi connectivity index (χ3v) is 3.02. The Morgan fingerprint density at radius 3 is 2.22 bits per heavy atom. The average molecular weight is 240 g/mol. The Morgan fingerprint density at radius 2 is 1.61 bits per heavy atom. The van der Waals surface area contributed by atoms with Gasteiger partial charge in [0.05, 0.1) is 0 Å². The highest BCUT2D eigenvalue weighted by molar-refractivity contribution is 5.28. The van der Waals surface area contributed by atoms with Gasteiger partial charge in [0, 0.05) is 0 Å². The molecule has 0 bridgehead atoms. The van der Waals surface area contributed by atoms with Gasteiger partial charge in [0.15, 0.2) is 0 Å². The molecule has 2 rings (SSSR count). The number of hydrogen-bond donors (Lipinski definition) is 0. The number of aryl methyl sites for hydroxylation is 1. The zero-order valence-corrected chi connectivity index (χ0v) is 11.1. The lowest BCUT2D eigenvalue weighted by molar-refractivity contribution is 0.194. The molecule has 0 fully saturated rings. The molecule has 0 radical (unpaired) electrons. The summed E-state index contributed by atoms with van der Waals surface area (Å²) in [7, 11) is 0. The van der Waals surface area contributed by atoms with Gasteiger partial charge in [-0.3, -0.25) is 0 Å². The van der Waals surface area contributed by atoms with Crippen LogP contribution in [0.2, 0.25) is 0 Å². The predicted octanol–water partition coefficient (Wildman–Crippen LogP) is 4.92. The van der Waals surface area contributed by atoms with E-state index in [1.54, 1.807) is 0 Å². The maximum Gasteiger partial charge on any atom is 0.124 e. The first-order chi connectivity index (χ1) is 8.79. The van der Waals surface area contributed by atoms with Gasteiger partial charge < -0.3 is 4.74 Å². The third kappa shape index (κ3) is 3.36. The van der Waals surface area contributed by atoms with E-state index >= 15 is 0 Å². The fourth-order valence-corrected chi connectivity index (χ4v) is 2.00. The second-order valence-corrected chi connectivity index (χ2v) is 4.62. The largest absolute Gasteiger partial charge is 0.486 e. The Hall–Kier alpha value is -1.76. The topological polar surface area (TPSA) is 9.23 Å². The first-order valence-electron chi connectivity index (χ1n) is 6.58. The van der Waals surface area contributed by atoms with Crippen molar-refractivity contribution in [3.63, 3.8) is 0 Å². The van der Waals surface area contributed by atoms with Crippen LogP contribution in [0, 0.1) is 6.92 Å². The van der Waals surface area contributed by atoms with Crippen LogP contribution in [-0.4, -0.2) is 0 Å². The molecule has 94 valence electrons. The Morgan fingerprint density at radius 1 is 0.944 bits per heavy atom. The molecular formula is C17H20O. The lowest BCUT2D eigenvalue weighted by Crippen LogP contribution is -2.07. The van der Waals surface area contributed by atoms with Gasteiger partial charge in [0.25, 0.3) is 0 Å². The van der Waals surface area contributed by atoms with Crippen LogP contribution in [0.1, 0.15) is 37.0 Å². The summed E-state index contributed by atoms with van der Waals surface area (Å²) < 4.78 is 6.10. The SMILES string of the molecule is CCCC(Oc1ccc(C)cc1)c1ccccc1. The minimum absolute atomic E-state index is 0.152. The molecule has 0 aliphatic carbocycles. The lowest BCUT2D eigenvalue weighted by atomic mass is 10.1. The van der Waals surface area contributed by atoms with E-state index in [1.165, 1.54) is 11.1 Å². The van der Waals surface area contributed by atoms with Crippen molar-refractivity contribution in [3.05, 3.63) is 65.7 Å². The predicted molar refractivity (Wildman–Crippen MR) is 75.9 cm³/mol. The normalized spacial score (nSPS) is 12.1. The van der Waals surface area contributed by atoms with Crippen LogP contribution < -0.4 is 4.74 Å². The minimum atomic E-state index is 0.152. The highest BCUT2D eigenvalue weighted by atomic mass is 16.5. The molecule has 1 nitrogen and oxygen atoms in total. The Balaban J connectivity index is 2.14. The summed E-state index contributed by atoms with van der Waals surface area (Å²) in [5.41, 5.74) is 2.51. The molecule has 0 aromatic heterocycles. The maximum absolute atomic E-state index is 6.10. The van der Waals surface area contributed by atoms with Crippen molar-refractivity contribution < 1.29 is 4.74 Å². The van der Waals surface area contributed by atoms with Gasteiger partial charge in [-0.2, -0.15) is 0 Å². The smallest absolute Gasteiger partial charge is 0.124 e. The van der Waals surface area contributed by atoms with Gasteiger partial charge in [-0.1, -0.05) is 61.4 Å². The lowest BCUT2D eigenvalue weighted by Gasteiger charge is -2.19. The van der Waals surface area contributed by atoms with E-state index in [0.717, 1.165) is 18.6 Å². The van der Waals surface area contributed by atoms with E-state index in [-0.39, 0.29) is 6.10 Å². The van der Waals surface area contributed by atoms with Gasteiger partial charge in [-0.25, -0.2) is 0 Å². The highest BCUT2D eigenvalue weighted by Crippen LogP contribution is 2.25. The van der Waals surface area contributed by atoms with Crippen LogP contribution in [0.25, 0.3) is 0 Å². The summed E-state index contributed by atoms with van der Waals surface area (Å²) in [6, 6.07) is 18.7. The number of rotatable bonds is 5. The first kappa shape index (κ1) is 12.7. The van der Waals surface area contributed by atoms with Crippen molar-refractivity contribution in [2.45, 2.75) is 32.8 Å². The van der Waals surface area contributed by atoms with Crippen LogP contribution in [0.15, 0.2) is 54.6 Å². The zero-order chi connectivity index (χ0) is 12.8. The summed E-state index contributed by atoms with van der Waals surface area (Å²) in [5, 5.41) is 0. The molecule has 0 amide bonds. The second-order valence-electron chi connectivity index (χ2n) is 4.62. The van der Waals surface area contributed by atoms with E-state index in [1.807, 2.05) is 18.2 Å². The number of hydrogen-bond acceptors (Lipinski definition) is 1. The average Bonchev–Trinajstić information content (AvgIpc) is 2.42. The van der Waals surface area contributed by atoms with Gasteiger partial charge in [-0.05, 0) is 31.0 Å². The van der Waals surface area contributed by atoms with Crippen LogP contribution in [0.4, 0.5) is 0 Å². The zero-order valence-electron chi connectivity index (χ0n) is 11.1. The fraction of sp³-hybridized carbons (Fsp3) is 0.294. The van der Waals surface area contributed by atoms with Crippen molar-refractivity contribution >= 4 is 0 Å². The standard InChI is InChI=1S/C17H20O/c1-3-7-17(15-8-5-4-6-9-15)18-16-12-10-14(2)11-13-16/h4-6,8-13,17H,3,7H2,1-2H3. The minimum Gasteiger partial charge on any atom is -0.486 e. The molecule has 0 saturated heterocycles. The van der Waals surface area contributed by atoms with Crippen LogP contribution >= 0.6 is 0 Å². The molecule has 0 saturated carbocycles. The molecule has 1 heteroatoms. The summed E-state index contributed by atoms with van der Waals surface area (Å²) in [5.74, 6) is 0.947. The fourth-order valence-electron chi connectivity index (χ4n) is 2.00. The summed E-state index contributed by atoms with van der Waals surface area (Å²) in [6.07, 6.45) is 2.31. The quantitative estimate of drug-likeness (QED) is 0.721. The van der Waals surface area contributed by atoms with Gasteiger partial charge in [0.1, 0.15) is 11.9 Å². The monoisotopic (exact) mass is 240 g/mol.